The van der Waals surface area contributed by atoms with Gasteiger partial charge in [-0.05, 0) is 53.9 Å². The second kappa shape index (κ2) is 10.2. The van der Waals surface area contributed by atoms with Crippen molar-refractivity contribution in [3.63, 3.8) is 0 Å². The molecule has 3 aromatic carbocycles. The topological polar surface area (TPSA) is 59.1 Å². The van der Waals surface area contributed by atoms with Gasteiger partial charge in [0, 0.05) is 26.9 Å². The van der Waals surface area contributed by atoms with Gasteiger partial charge >= 0.3 is 12.1 Å². The van der Waals surface area contributed by atoms with E-state index in [1.54, 1.807) is 67.5 Å². The van der Waals surface area contributed by atoms with Crippen molar-refractivity contribution in [3.8, 4) is 5.75 Å². The van der Waals surface area contributed by atoms with Gasteiger partial charge in [-0.2, -0.15) is 13.2 Å². The molecule has 3 aromatic rings. The molecule has 0 fully saturated rings. The Labute approximate surface area is 213 Å². The normalized spacial score (nSPS) is 17.6. The smallest absolute Gasteiger partial charge is 0.416 e. The van der Waals surface area contributed by atoms with E-state index in [9.17, 15) is 22.8 Å². The molecule has 37 heavy (non-hydrogen) atoms. The van der Waals surface area contributed by atoms with E-state index in [1.807, 2.05) is 0 Å². The predicted octanol–water partition coefficient (Wildman–Crippen LogP) is 5.72. The van der Waals surface area contributed by atoms with Crippen molar-refractivity contribution in [1.29, 1.82) is 0 Å². The van der Waals surface area contributed by atoms with Crippen LogP contribution in [0.2, 0.25) is 0 Å². The molecule has 1 aliphatic heterocycles. The molecule has 1 aliphatic rings. The van der Waals surface area contributed by atoms with E-state index in [0.29, 0.717) is 22.7 Å². The molecule has 4 rings (SSSR count). The lowest BCUT2D eigenvalue weighted by molar-refractivity contribution is -0.154. The molecule has 2 atom stereocenters. The number of amides is 1. The Morgan fingerprint density at radius 1 is 0.973 bits per heavy atom. The summed E-state index contributed by atoms with van der Waals surface area (Å²) >= 11 is 0. The van der Waals surface area contributed by atoms with Crippen molar-refractivity contribution in [3.05, 3.63) is 83.4 Å². The molecule has 0 aromatic heterocycles. The fourth-order valence-corrected chi connectivity index (χ4v) is 4.74. The monoisotopic (exact) mass is 512 g/mol. The summed E-state index contributed by atoms with van der Waals surface area (Å²) < 4.78 is 53.6. The van der Waals surface area contributed by atoms with Crippen LogP contribution >= 0.6 is 0 Å². The second-order valence-electron chi connectivity index (χ2n) is 8.97. The Hall–Kier alpha value is -4.01. The van der Waals surface area contributed by atoms with Gasteiger partial charge in [-0.1, -0.05) is 30.3 Å². The van der Waals surface area contributed by atoms with Gasteiger partial charge in [0.1, 0.15) is 5.75 Å². The average molecular weight is 513 g/mol. The van der Waals surface area contributed by atoms with Crippen LogP contribution < -0.4 is 14.5 Å². The summed E-state index contributed by atoms with van der Waals surface area (Å²) in [5.74, 6) is -1.67. The first-order chi connectivity index (χ1) is 17.5. The van der Waals surface area contributed by atoms with Crippen LogP contribution in [-0.2, 0) is 26.9 Å². The summed E-state index contributed by atoms with van der Waals surface area (Å²) in [6.07, 6.45) is -6.20. The summed E-state index contributed by atoms with van der Waals surface area (Å²) in [6.45, 7) is 1.18. The standard InChI is InChI=1S/C28H27F3N2O4/c1-17(34)37-26-20(18-12-14-19(36-4)15-13-18)16-21-22(28(29,30)31)8-7-11-23(21)33(27(26)35)25-10-6-5-9-24(25)32(2)3/h5-15,20,26H,16H2,1-4H3/t20?,26-/m1/s1. The third-order valence-electron chi connectivity index (χ3n) is 6.39. The van der Waals surface area contributed by atoms with Gasteiger partial charge in [0.25, 0.3) is 5.91 Å². The fourth-order valence-electron chi connectivity index (χ4n) is 4.74. The second-order valence-corrected chi connectivity index (χ2v) is 8.97. The van der Waals surface area contributed by atoms with Gasteiger partial charge < -0.3 is 14.4 Å². The van der Waals surface area contributed by atoms with E-state index in [2.05, 4.69) is 0 Å². The highest BCUT2D eigenvalue weighted by molar-refractivity contribution is 6.08. The summed E-state index contributed by atoms with van der Waals surface area (Å²) in [6, 6.07) is 17.4. The molecule has 0 radical (unpaired) electrons. The largest absolute Gasteiger partial charge is 0.497 e. The van der Waals surface area contributed by atoms with Crippen LogP contribution in [0.5, 0.6) is 5.75 Å². The Morgan fingerprint density at radius 2 is 1.62 bits per heavy atom. The Kier molecular flexibility index (Phi) is 7.16. The molecule has 0 bridgehead atoms. The maximum atomic E-state index is 14.3. The number of esters is 1. The van der Waals surface area contributed by atoms with E-state index >= 15 is 0 Å². The highest BCUT2D eigenvalue weighted by Crippen LogP contribution is 2.46. The zero-order valence-electron chi connectivity index (χ0n) is 20.9. The van der Waals surface area contributed by atoms with Gasteiger partial charge in [-0.3, -0.25) is 14.5 Å². The minimum absolute atomic E-state index is 0.0487. The summed E-state index contributed by atoms with van der Waals surface area (Å²) in [7, 11) is 5.05. The van der Waals surface area contributed by atoms with Crippen LogP contribution in [0.1, 0.15) is 29.5 Å². The number of carbonyl (C=O) groups excluding carboxylic acids is 2. The maximum absolute atomic E-state index is 14.3. The van der Waals surface area contributed by atoms with Gasteiger partial charge in [0.2, 0.25) is 0 Å². The lowest BCUT2D eigenvalue weighted by atomic mass is 9.86. The van der Waals surface area contributed by atoms with E-state index in [4.69, 9.17) is 9.47 Å². The average Bonchev–Trinajstić information content (AvgIpc) is 2.97. The predicted molar refractivity (Wildman–Crippen MR) is 134 cm³/mol. The Morgan fingerprint density at radius 3 is 2.22 bits per heavy atom. The lowest BCUT2D eigenvalue weighted by Gasteiger charge is -2.31. The number of hydrogen-bond donors (Lipinski definition) is 0. The molecule has 1 heterocycles. The SMILES string of the molecule is COc1ccc(C2Cc3c(cccc3C(F)(F)F)N(c3ccccc3N(C)C)C(=O)[C@@H]2OC(C)=O)cc1. The first-order valence-corrected chi connectivity index (χ1v) is 11.6. The Balaban J connectivity index is 2.02. The van der Waals surface area contributed by atoms with E-state index in [-0.39, 0.29) is 17.7 Å². The van der Waals surface area contributed by atoms with Gasteiger partial charge in [0.15, 0.2) is 6.10 Å². The molecular weight excluding hydrogens is 485 g/mol. The quantitative estimate of drug-likeness (QED) is 0.410. The van der Waals surface area contributed by atoms with Crippen LogP contribution in [0.25, 0.3) is 0 Å². The molecule has 0 aliphatic carbocycles. The molecule has 0 saturated carbocycles. The number of hydrogen-bond acceptors (Lipinski definition) is 5. The number of benzene rings is 3. The summed E-state index contributed by atoms with van der Waals surface area (Å²) in [4.78, 5) is 29.4. The van der Waals surface area contributed by atoms with Crippen LogP contribution in [-0.4, -0.2) is 39.2 Å². The molecule has 6 nitrogen and oxygen atoms in total. The van der Waals surface area contributed by atoms with Crippen LogP contribution in [0.3, 0.4) is 0 Å². The molecule has 0 spiro atoms. The number of carbonyl (C=O) groups is 2. The van der Waals surface area contributed by atoms with Crippen molar-refractivity contribution >= 4 is 28.9 Å². The zero-order chi connectivity index (χ0) is 26.9. The first-order valence-electron chi connectivity index (χ1n) is 11.6. The van der Waals surface area contributed by atoms with Crippen molar-refractivity contribution in [1.82, 2.24) is 0 Å². The van der Waals surface area contributed by atoms with Crippen LogP contribution in [0.15, 0.2) is 66.7 Å². The highest BCUT2D eigenvalue weighted by atomic mass is 19.4. The number of anilines is 3. The molecule has 9 heteroatoms. The van der Waals surface area contributed by atoms with Gasteiger partial charge in [-0.15, -0.1) is 0 Å². The number of halogens is 3. The molecule has 1 amide bonds. The summed E-state index contributed by atoms with van der Waals surface area (Å²) in [5.41, 5.74) is 0.752. The highest BCUT2D eigenvalue weighted by Gasteiger charge is 2.45. The lowest BCUT2D eigenvalue weighted by Crippen LogP contribution is -2.41. The van der Waals surface area contributed by atoms with Crippen LogP contribution in [0.4, 0.5) is 30.2 Å². The molecule has 0 saturated heterocycles. The minimum atomic E-state index is -4.66. The number of nitrogens with zero attached hydrogens (tertiary/aromatic N) is 2. The van der Waals surface area contributed by atoms with Crippen molar-refractivity contribution in [2.75, 3.05) is 31.0 Å². The first kappa shape index (κ1) is 26.1. The van der Waals surface area contributed by atoms with E-state index < -0.39 is 35.6 Å². The van der Waals surface area contributed by atoms with E-state index in [1.165, 1.54) is 31.1 Å². The molecular formula is C28H27F3N2O4. The van der Waals surface area contributed by atoms with Crippen LogP contribution in [0, 0.1) is 0 Å². The van der Waals surface area contributed by atoms with Crippen molar-refractivity contribution in [2.24, 2.45) is 0 Å². The molecule has 194 valence electrons. The van der Waals surface area contributed by atoms with Gasteiger partial charge in [0.05, 0.1) is 29.7 Å². The number of methoxy groups -OCH3 is 1. The fraction of sp³-hybridized carbons (Fsp3) is 0.286. The zero-order valence-corrected chi connectivity index (χ0v) is 20.9. The minimum Gasteiger partial charge on any atom is -0.497 e. The third kappa shape index (κ3) is 5.12. The van der Waals surface area contributed by atoms with Crippen molar-refractivity contribution < 1.29 is 32.2 Å². The summed E-state index contributed by atoms with van der Waals surface area (Å²) in [5, 5.41) is 0. The van der Waals surface area contributed by atoms with Crippen molar-refractivity contribution in [2.45, 2.75) is 31.5 Å². The number of para-hydroxylation sites is 2. The Bertz CT molecular complexity index is 1310. The van der Waals surface area contributed by atoms with Gasteiger partial charge in [-0.25, -0.2) is 0 Å². The molecule has 0 N–H and O–H groups in total. The third-order valence-corrected chi connectivity index (χ3v) is 6.39. The molecule has 1 unspecified atom stereocenters. The number of alkyl halides is 3. The maximum Gasteiger partial charge on any atom is 0.416 e. The number of ether oxygens (including phenoxy) is 2. The number of rotatable bonds is 5. The van der Waals surface area contributed by atoms with E-state index in [0.717, 1.165) is 6.07 Å². The number of fused-ring (bicyclic) bond motifs is 1.